The minimum absolute atomic E-state index is 0.0512. The van der Waals surface area contributed by atoms with Gasteiger partial charge in [-0.05, 0) is 91.0 Å². The molecule has 1 unspecified atom stereocenters. The summed E-state index contributed by atoms with van der Waals surface area (Å²) in [5.74, 6) is -1.70. The largest absolute Gasteiger partial charge is 0.453 e. The fourth-order valence-electron chi connectivity index (χ4n) is 6.27. The van der Waals surface area contributed by atoms with Crippen LogP contribution in [0.1, 0.15) is 47.9 Å². The second kappa shape index (κ2) is 9.32. The number of fused-ring (bicyclic) bond motifs is 3. The van der Waals surface area contributed by atoms with Crippen LogP contribution in [0.4, 0.5) is 24.1 Å². The first-order valence-corrected chi connectivity index (χ1v) is 13.1. The topological polar surface area (TPSA) is 108 Å². The third-order valence-electron chi connectivity index (χ3n) is 8.42. The zero-order valence-corrected chi connectivity index (χ0v) is 21.4. The average Bonchev–Trinajstić information content (AvgIpc) is 3.68. The smallest absolute Gasteiger partial charge is 0.411 e. The normalized spacial score (nSPS) is 23.8. The highest BCUT2D eigenvalue weighted by molar-refractivity contribution is 6.10. The van der Waals surface area contributed by atoms with Crippen molar-refractivity contribution in [3.8, 4) is 0 Å². The molecule has 9 nitrogen and oxygen atoms in total. The SMILES string of the molecule is COC(=O)Nc1cc2c(cc1F)[C@]1(CC2)NC(=O)N(CC(=O)N2Cc3ccc(F)cc3CCC2C2CC2)C1=O. The van der Waals surface area contributed by atoms with Gasteiger partial charge in [-0.3, -0.25) is 19.8 Å². The number of halogens is 2. The summed E-state index contributed by atoms with van der Waals surface area (Å²) in [6, 6.07) is 6.39. The number of aryl methyl sites for hydroxylation is 2. The Morgan fingerprint density at radius 3 is 2.62 bits per heavy atom. The molecular weight excluding hydrogens is 510 g/mol. The number of methoxy groups -OCH3 is 1. The van der Waals surface area contributed by atoms with Gasteiger partial charge in [0, 0.05) is 12.6 Å². The van der Waals surface area contributed by atoms with Crippen LogP contribution < -0.4 is 10.6 Å². The van der Waals surface area contributed by atoms with Gasteiger partial charge in [0.2, 0.25) is 5.91 Å². The molecule has 2 fully saturated rings. The maximum atomic E-state index is 14.9. The molecule has 11 heteroatoms. The van der Waals surface area contributed by atoms with Crippen LogP contribution in [-0.2, 0) is 39.3 Å². The van der Waals surface area contributed by atoms with E-state index >= 15 is 0 Å². The van der Waals surface area contributed by atoms with Crippen LogP contribution >= 0.6 is 0 Å². The van der Waals surface area contributed by atoms with Crippen molar-refractivity contribution in [1.82, 2.24) is 15.1 Å². The lowest BCUT2D eigenvalue weighted by molar-refractivity contribution is -0.141. The number of nitrogens with zero attached hydrogens (tertiary/aromatic N) is 2. The molecule has 1 saturated carbocycles. The molecule has 5 amide bonds. The standard InChI is InChI=1S/C28H28F2N4O5/c1-39-27(38)31-22-11-17-8-9-28(20(17)12-21(22)30)25(36)34(26(37)32-28)14-24(35)33-13-18-4-6-19(29)10-16(18)5-7-23(33)15-2-3-15/h4,6,10-12,15,23H,2-3,5,7-9,13-14H2,1H3,(H,31,38)(H,32,37)/t23?,28-/m0/s1. The molecule has 2 heterocycles. The summed E-state index contributed by atoms with van der Waals surface area (Å²) in [6.07, 6.45) is 3.07. The van der Waals surface area contributed by atoms with Crippen LogP contribution in [0.25, 0.3) is 0 Å². The van der Waals surface area contributed by atoms with Gasteiger partial charge in [-0.25, -0.2) is 18.4 Å². The molecule has 204 valence electrons. The van der Waals surface area contributed by atoms with Crippen LogP contribution in [0.2, 0.25) is 0 Å². The van der Waals surface area contributed by atoms with Crippen molar-refractivity contribution in [1.29, 1.82) is 0 Å². The van der Waals surface area contributed by atoms with Gasteiger partial charge in [0.05, 0.1) is 12.8 Å². The van der Waals surface area contributed by atoms with Gasteiger partial charge in [0.15, 0.2) is 0 Å². The van der Waals surface area contributed by atoms with Crippen molar-refractivity contribution in [2.24, 2.45) is 5.92 Å². The van der Waals surface area contributed by atoms with E-state index in [1.807, 2.05) is 0 Å². The highest BCUT2D eigenvalue weighted by Gasteiger charge is 2.56. The summed E-state index contributed by atoms with van der Waals surface area (Å²) in [5.41, 5.74) is 1.08. The Morgan fingerprint density at radius 2 is 1.87 bits per heavy atom. The van der Waals surface area contributed by atoms with Gasteiger partial charge in [-0.2, -0.15) is 0 Å². The van der Waals surface area contributed by atoms with Crippen LogP contribution in [0, 0.1) is 17.6 Å². The second-order valence-electron chi connectivity index (χ2n) is 10.7. The predicted octanol–water partition coefficient (Wildman–Crippen LogP) is 3.59. The van der Waals surface area contributed by atoms with E-state index in [0.29, 0.717) is 36.3 Å². The van der Waals surface area contributed by atoms with Gasteiger partial charge in [0.1, 0.15) is 23.7 Å². The van der Waals surface area contributed by atoms with Crippen molar-refractivity contribution in [2.45, 2.75) is 56.7 Å². The van der Waals surface area contributed by atoms with E-state index in [-0.39, 0.29) is 36.4 Å². The number of hydrogen-bond acceptors (Lipinski definition) is 5. The number of carbonyl (C=O) groups is 4. The molecule has 0 aromatic heterocycles. The first kappa shape index (κ1) is 25.3. The fourth-order valence-corrected chi connectivity index (χ4v) is 6.27. The lowest BCUT2D eigenvalue weighted by atomic mass is 9.91. The molecule has 2 atom stereocenters. The van der Waals surface area contributed by atoms with Crippen molar-refractivity contribution >= 4 is 29.6 Å². The number of amides is 5. The second-order valence-corrected chi connectivity index (χ2v) is 10.7. The van der Waals surface area contributed by atoms with Crippen LogP contribution in [0.15, 0.2) is 30.3 Å². The molecule has 2 aliphatic heterocycles. The molecular formula is C28H28F2N4O5. The van der Waals surface area contributed by atoms with E-state index in [1.165, 1.54) is 18.2 Å². The van der Waals surface area contributed by atoms with E-state index < -0.39 is 35.9 Å². The molecule has 4 aliphatic rings. The van der Waals surface area contributed by atoms with Crippen molar-refractivity contribution in [2.75, 3.05) is 19.0 Å². The zero-order chi connectivity index (χ0) is 27.5. The molecule has 2 N–H and O–H groups in total. The number of anilines is 1. The van der Waals surface area contributed by atoms with E-state index in [2.05, 4.69) is 15.4 Å². The summed E-state index contributed by atoms with van der Waals surface area (Å²) < 4.78 is 33.3. The highest BCUT2D eigenvalue weighted by atomic mass is 19.1. The van der Waals surface area contributed by atoms with Gasteiger partial charge in [0.25, 0.3) is 5.91 Å². The number of carbonyl (C=O) groups excluding carboxylic acids is 4. The van der Waals surface area contributed by atoms with Crippen molar-refractivity contribution in [3.63, 3.8) is 0 Å². The summed E-state index contributed by atoms with van der Waals surface area (Å²) in [5, 5.41) is 5.02. The van der Waals surface area contributed by atoms with E-state index in [0.717, 1.165) is 42.0 Å². The Labute approximate surface area is 223 Å². The first-order chi connectivity index (χ1) is 18.7. The first-order valence-electron chi connectivity index (χ1n) is 13.1. The lowest BCUT2D eigenvalue weighted by Gasteiger charge is -2.31. The Hall–Kier alpha value is -4.02. The van der Waals surface area contributed by atoms with Gasteiger partial charge < -0.3 is 15.0 Å². The molecule has 0 bridgehead atoms. The molecule has 2 aromatic carbocycles. The number of imide groups is 1. The minimum atomic E-state index is -1.48. The van der Waals surface area contributed by atoms with Crippen LogP contribution in [0.5, 0.6) is 0 Å². The minimum Gasteiger partial charge on any atom is -0.453 e. The molecule has 2 aromatic rings. The van der Waals surface area contributed by atoms with E-state index in [1.54, 1.807) is 11.0 Å². The molecule has 0 radical (unpaired) electrons. The Balaban J connectivity index is 1.24. The number of ether oxygens (including phenoxy) is 1. The van der Waals surface area contributed by atoms with E-state index in [9.17, 15) is 28.0 Å². The number of hydrogen-bond donors (Lipinski definition) is 2. The number of rotatable bonds is 4. The quantitative estimate of drug-likeness (QED) is 0.579. The maximum Gasteiger partial charge on any atom is 0.411 e. The monoisotopic (exact) mass is 538 g/mol. The predicted molar refractivity (Wildman–Crippen MR) is 134 cm³/mol. The molecule has 6 rings (SSSR count). The van der Waals surface area contributed by atoms with Crippen LogP contribution in [0.3, 0.4) is 0 Å². The summed E-state index contributed by atoms with van der Waals surface area (Å²) >= 11 is 0. The van der Waals surface area contributed by atoms with Crippen LogP contribution in [-0.4, -0.2) is 53.4 Å². The van der Waals surface area contributed by atoms with Crippen molar-refractivity contribution in [3.05, 3.63) is 64.2 Å². The summed E-state index contributed by atoms with van der Waals surface area (Å²) in [4.78, 5) is 54.6. The molecule has 1 saturated heterocycles. The third kappa shape index (κ3) is 4.29. The van der Waals surface area contributed by atoms with E-state index in [4.69, 9.17) is 0 Å². The molecule has 39 heavy (non-hydrogen) atoms. The Kier molecular flexibility index (Phi) is 6.04. The Bertz CT molecular complexity index is 1410. The van der Waals surface area contributed by atoms with Crippen molar-refractivity contribution < 1.29 is 32.7 Å². The van der Waals surface area contributed by atoms with Gasteiger partial charge >= 0.3 is 12.1 Å². The number of benzene rings is 2. The lowest BCUT2D eigenvalue weighted by Crippen LogP contribution is -2.48. The highest BCUT2D eigenvalue weighted by Crippen LogP contribution is 2.44. The third-order valence-corrected chi connectivity index (χ3v) is 8.42. The average molecular weight is 539 g/mol. The zero-order valence-electron chi connectivity index (χ0n) is 21.4. The Morgan fingerprint density at radius 1 is 1.08 bits per heavy atom. The summed E-state index contributed by atoms with van der Waals surface area (Å²) in [6.45, 7) is -0.152. The maximum absolute atomic E-state index is 14.9. The summed E-state index contributed by atoms with van der Waals surface area (Å²) in [7, 11) is 1.16. The fraction of sp³-hybridized carbons (Fsp3) is 0.429. The molecule has 2 aliphatic carbocycles. The van der Waals surface area contributed by atoms with Gasteiger partial charge in [-0.15, -0.1) is 0 Å². The van der Waals surface area contributed by atoms with Gasteiger partial charge in [-0.1, -0.05) is 6.07 Å². The molecule has 1 spiro atoms. The number of urea groups is 1. The number of nitrogens with one attached hydrogen (secondary N) is 2.